The van der Waals surface area contributed by atoms with E-state index in [2.05, 4.69) is 20.8 Å². The number of nitrogens with zero attached hydrogens (tertiary/aromatic N) is 5. The Kier molecular flexibility index (Phi) is 6.15. The summed E-state index contributed by atoms with van der Waals surface area (Å²) in [5, 5.41) is 10.1. The highest BCUT2D eigenvalue weighted by Gasteiger charge is 2.26. The molecule has 0 unspecified atom stereocenters. The molecule has 2 aromatic carbocycles. The van der Waals surface area contributed by atoms with Crippen molar-refractivity contribution in [3.8, 4) is 0 Å². The second kappa shape index (κ2) is 9.36. The van der Waals surface area contributed by atoms with E-state index in [9.17, 15) is 9.59 Å². The van der Waals surface area contributed by atoms with E-state index in [1.807, 2.05) is 40.2 Å². The van der Waals surface area contributed by atoms with Gasteiger partial charge in [-0.3, -0.25) is 9.69 Å². The quantitative estimate of drug-likeness (QED) is 0.655. The summed E-state index contributed by atoms with van der Waals surface area (Å²) in [4.78, 5) is 28.7. The predicted octanol–water partition coefficient (Wildman–Crippen LogP) is 2.59. The van der Waals surface area contributed by atoms with Crippen molar-refractivity contribution in [1.29, 1.82) is 0 Å². The number of rotatable bonds is 6. The van der Waals surface area contributed by atoms with Crippen molar-refractivity contribution in [1.82, 2.24) is 15.3 Å². The van der Waals surface area contributed by atoms with E-state index in [-0.39, 0.29) is 18.5 Å². The molecule has 9 nitrogen and oxygen atoms in total. The molecule has 1 fully saturated rings. The van der Waals surface area contributed by atoms with Crippen LogP contribution in [0.5, 0.6) is 0 Å². The van der Waals surface area contributed by atoms with Gasteiger partial charge in [0, 0.05) is 38.3 Å². The van der Waals surface area contributed by atoms with Crippen LogP contribution >= 0.6 is 11.6 Å². The molecule has 10 heteroatoms. The highest BCUT2D eigenvalue weighted by molar-refractivity contribution is 6.32. The topological polar surface area (TPSA) is 89.8 Å². The predicted molar refractivity (Wildman–Crippen MR) is 123 cm³/mol. The van der Waals surface area contributed by atoms with Gasteiger partial charge in [0.2, 0.25) is 5.91 Å². The number of cyclic esters (lactones) is 1. The van der Waals surface area contributed by atoms with Crippen LogP contribution in [0.1, 0.15) is 27.0 Å². The first-order chi connectivity index (χ1) is 16.1. The van der Waals surface area contributed by atoms with Crippen molar-refractivity contribution in [2.24, 2.45) is 10.3 Å². The zero-order chi connectivity index (χ0) is 22.8. The van der Waals surface area contributed by atoms with E-state index in [0.717, 1.165) is 61.5 Å². The van der Waals surface area contributed by atoms with Gasteiger partial charge < -0.3 is 9.64 Å². The number of halogens is 1. The summed E-state index contributed by atoms with van der Waals surface area (Å²) in [7, 11) is 0. The van der Waals surface area contributed by atoms with Crippen molar-refractivity contribution in [3.63, 3.8) is 0 Å². The molecule has 2 aromatic rings. The molecule has 0 bridgehead atoms. The SMILES string of the molecule is O=C1OCc2c1ccc(CCN1CCN(C(=O)Cc3ccc(N4CN=NN4)cc3)CC1)c2Cl. The van der Waals surface area contributed by atoms with Gasteiger partial charge in [0.1, 0.15) is 6.61 Å². The van der Waals surface area contributed by atoms with E-state index in [0.29, 0.717) is 23.7 Å². The second-order valence-electron chi connectivity index (χ2n) is 8.37. The van der Waals surface area contributed by atoms with Gasteiger partial charge >= 0.3 is 5.97 Å². The Hall–Kier alpha value is -3.17. The molecule has 1 N–H and O–H groups in total. The number of piperazine rings is 1. The maximum absolute atomic E-state index is 12.8. The number of anilines is 1. The Morgan fingerprint density at radius 2 is 1.88 bits per heavy atom. The fourth-order valence-electron chi connectivity index (χ4n) is 4.34. The summed E-state index contributed by atoms with van der Waals surface area (Å²) in [6.07, 6.45) is 1.20. The molecule has 0 atom stereocenters. The highest BCUT2D eigenvalue weighted by Crippen LogP contribution is 2.30. The largest absolute Gasteiger partial charge is 0.457 e. The molecule has 0 aliphatic carbocycles. The lowest BCUT2D eigenvalue weighted by Gasteiger charge is -2.35. The lowest BCUT2D eigenvalue weighted by molar-refractivity contribution is -0.132. The van der Waals surface area contributed by atoms with Crippen LogP contribution in [-0.4, -0.2) is 61.1 Å². The maximum atomic E-state index is 12.8. The summed E-state index contributed by atoms with van der Waals surface area (Å²) in [5.74, 6) is -0.149. The Labute approximate surface area is 196 Å². The molecule has 3 heterocycles. The number of fused-ring (bicyclic) bond motifs is 1. The van der Waals surface area contributed by atoms with Gasteiger partial charge in [0.25, 0.3) is 0 Å². The lowest BCUT2D eigenvalue weighted by Crippen LogP contribution is -2.49. The zero-order valence-electron chi connectivity index (χ0n) is 18.2. The average Bonchev–Trinajstić information content (AvgIpc) is 3.50. The normalized spacial score (nSPS) is 17.8. The van der Waals surface area contributed by atoms with Crippen LogP contribution in [0.4, 0.5) is 5.69 Å². The van der Waals surface area contributed by atoms with Crippen molar-refractivity contribution in [2.75, 3.05) is 44.4 Å². The fraction of sp³-hybridized carbons (Fsp3) is 0.391. The zero-order valence-corrected chi connectivity index (χ0v) is 18.9. The van der Waals surface area contributed by atoms with Crippen molar-refractivity contribution < 1.29 is 14.3 Å². The molecular formula is C23H25ClN6O3. The molecule has 0 spiro atoms. The molecule has 0 aromatic heterocycles. The number of carbonyl (C=O) groups excluding carboxylic acids is 2. The first-order valence-corrected chi connectivity index (χ1v) is 11.4. The molecule has 1 amide bonds. The van der Waals surface area contributed by atoms with E-state index in [1.165, 1.54) is 0 Å². The van der Waals surface area contributed by atoms with Crippen LogP contribution in [0.15, 0.2) is 46.7 Å². The smallest absolute Gasteiger partial charge is 0.338 e. The standard InChI is InChI=1S/C23H25ClN6O3/c24-22-17(3-6-19-20(22)14-33-23(19)32)7-8-28-9-11-29(12-10-28)21(31)13-16-1-4-18(5-2-16)30-15-25-26-27-30/h1-6H,7-15H2,(H,25,27). The van der Waals surface area contributed by atoms with Gasteiger partial charge in [-0.1, -0.05) is 35.0 Å². The van der Waals surface area contributed by atoms with E-state index in [1.54, 1.807) is 6.07 Å². The number of esters is 1. The number of benzene rings is 2. The van der Waals surface area contributed by atoms with Gasteiger partial charge in [0.15, 0.2) is 6.67 Å². The molecule has 0 radical (unpaired) electrons. The molecular weight excluding hydrogens is 444 g/mol. The minimum atomic E-state index is -0.300. The summed E-state index contributed by atoms with van der Waals surface area (Å²) in [6, 6.07) is 11.6. The van der Waals surface area contributed by atoms with Crippen LogP contribution in [0.25, 0.3) is 0 Å². The van der Waals surface area contributed by atoms with E-state index < -0.39 is 0 Å². The summed E-state index contributed by atoms with van der Waals surface area (Å²) < 4.78 is 5.08. The molecule has 0 saturated carbocycles. The van der Waals surface area contributed by atoms with E-state index in [4.69, 9.17) is 16.3 Å². The van der Waals surface area contributed by atoms with Crippen molar-refractivity contribution >= 4 is 29.2 Å². The maximum Gasteiger partial charge on any atom is 0.338 e. The van der Waals surface area contributed by atoms with E-state index >= 15 is 0 Å². The van der Waals surface area contributed by atoms with Gasteiger partial charge in [-0.2, -0.15) is 5.53 Å². The molecule has 3 aliphatic heterocycles. The summed E-state index contributed by atoms with van der Waals surface area (Å²) >= 11 is 6.51. The van der Waals surface area contributed by atoms with Crippen LogP contribution in [0, 0.1) is 0 Å². The summed E-state index contributed by atoms with van der Waals surface area (Å²) in [6.45, 7) is 4.71. The average molecular weight is 469 g/mol. The Bertz CT molecular complexity index is 1070. The third-order valence-corrected chi connectivity index (χ3v) is 6.83. The number of hydrogen-bond donors (Lipinski definition) is 1. The molecule has 3 aliphatic rings. The third kappa shape index (κ3) is 4.65. The van der Waals surface area contributed by atoms with Crippen LogP contribution < -0.4 is 10.5 Å². The fourth-order valence-corrected chi connectivity index (χ4v) is 4.66. The Morgan fingerprint density at radius 3 is 2.61 bits per heavy atom. The van der Waals surface area contributed by atoms with Crippen LogP contribution in [-0.2, 0) is 29.0 Å². The van der Waals surface area contributed by atoms with Gasteiger partial charge in [0.05, 0.1) is 22.7 Å². The van der Waals surface area contributed by atoms with Gasteiger partial charge in [-0.15, -0.1) is 5.11 Å². The number of hydrogen-bond acceptors (Lipinski definition) is 8. The van der Waals surface area contributed by atoms with Crippen LogP contribution in [0.3, 0.4) is 0 Å². The Morgan fingerprint density at radius 1 is 1.09 bits per heavy atom. The monoisotopic (exact) mass is 468 g/mol. The van der Waals surface area contributed by atoms with Gasteiger partial charge in [-0.25, -0.2) is 9.80 Å². The Balaban J connectivity index is 1.09. The number of amides is 1. The lowest BCUT2D eigenvalue weighted by atomic mass is 10.0. The number of hydrazine groups is 1. The first-order valence-electron chi connectivity index (χ1n) is 11.0. The minimum absolute atomic E-state index is 0.151. The highest BCUT2D eigenvalue weighted by atomic mass is 35.5. The molecule has 5 rings (SSSR count). The van der Waals surface area contributed by atoms with Crippen molar-refractivity contribution in [2.45, 2.75) is 19.4 Å². The molecule has 172 valence electrons. The number of nitrogens with one attached hydrogen (secondary N) is 1. The number of ether oxygens (including phenoxy) is 1. The van der Waals surface area contributed by atoms with Crippen LogP contribution in [0.2, 0.25) is 5.02 Å². The molecule has 1 saturated heterocycles. The minimum Gasteiger partial charge on any atom is -0.457 e. The summed E-state index contributed by atoms with van der Waals surface area (Å²) in [5.41, 5.74) is 7.17. The second-order valence-corrected chi connectivity index (χ2v) is 8.75. The van der Waals surface area contributed by atoms with Crippen molar-refractivity contribution in [3.05, 3.63) is 63.7 Å². The number of carbonyl (C=O) groups is 2. The van der Waals surface area contributed by atoms with Gasteiger partial charge in [-0.05, 0) is 35.7 Å². The third-order valence-electron chi connectivity index (χ3n) is 6.36. The first kappa shape index (κ1) is 21.7. The molecule has 33 heavy (non-hydrogen) atoms.